The number of halogens is 1. The Morgan fingerprint density at radius 1 is 1.20 bits per heavy atom. The van der Waals surface area contributed by atoms with Gasteiger partial charge in [0, 0.05) is 17.3 Å². The van der Waals surface area contributed by atoms with Gasteiger partial charge in [-0.3, -0.25) is 0 Å². The van der Waals surface area contributed by atoms with Gasteiger partial charge >= 0.3 is 0 Å². The van der Waals surface area contributed by atoms with Crippen molar-refractivity contribution in [2.24, 2.45) is 5.84 Å². The van der Waals surface area contributed by atoms with Crippen LogP contribution in [0.25, 0.3) is 11.4 Å². The maximum absolute atomic E-state index is 5.60. The lowest BCUT2D eigenvalue weighted by atomic mass is 10.1. The van der Waals surface area contributed by atoms with E-state index in [1.54, 1.807) is 6.07 Å². The molecule has 1 aliphatic heterocycles. The highest BCUT2D eigenvalue weighted by Gasteiger charge is 2.18. The molecule has 20 heavy (non-hydrogen) atoms. The third-order valence-corrected chi connectivity index (χ3v) is 3.45. The molecular formula is C13H13BrN4O2. The molecule has 0 atom stereocenters. The van der Waals surface area contributed by atoms with Crippen molar-refractivity contribution in [2.45, 2.75) is 6.92 Å². The SMILES string of the molecule is Cc1cc(NN)nc(-c2cc(Br)c3c(c2)OCCO3)n1. The van der Waals surface area contributed by atoms with Crippen LogP contribution < -0.4 is 20.7 Å². The van der Waals surface area contributed by atoms with Crippen LogP contribution in [0.4, 0.5) is 5.82 Å². The van der Waals surface area contributed by atoms with Crippen molar-refractivity contribution >= 4 is 21.7 Å². The van der Waals surface area contributed by atoms with E-state index in [1.807, 2.05) is 19.1 Å². The Morgan fingerprint density at radius 3 is 2.80 bits per heavy atom. The third kappa shape index (κ3) is 2.41. The van der Waals surface area contributed by atoms with Crippen LogP contribution in [0.15, 0.2) is 22.7 Å². The Morgan fingerprint density at radius 2 is 2.00 bits per heavy atom. The van der Waals surface area contributed by atoms with E-state index in [4.69, 9.17) is 15.3 Å². The summed E-state index contributed by atoms with van der Waals surface area (Å²) in [5.41, 5.74) is 4.20. The van der Waals surface area contributed by atoms with E-state index in [-0.39, 0.29) is 0 Å². The summed E-state index contributed by atoms with van der Waals surface area (Å²) in [5, 5.41) is 0. The summed E-state index contributed by atoms with van der Waals surface area (Å²) < 4.78 is 12.0. The molecule has 2 aromatic rings. The van der Waals surface area contributed by atoms with E-state index in [1.165, 1.54) is 0 Å². The number of hydrogen-bond donors (Lipinski definition) is 2. The summed E-state index contributed by atoms with van der Waals surface area (Å²) in [6.45, 7) is 2.97. The van der Waals surface area contributed by atoms with Crippen molar-refractivity contribution in [2.75, 3.05) is 18.6 Å². The number of nitrogens with zero attached hydrogens (tertiary/aromatic N) is 2. The lowest BCUT2D eigenvalue weighted by Crippen LogP contribution is -2.15. The number of nitrogen functional groups attached to an aromatic ring is 1. The number of benzene rings is 1. The quantitative estimate of drug-likeness (QED) is 0.646. The standard InChI is InChI=1S/C13H13BrN4O2/c1-7-4-11(18-15)17-13(16-7)8-5-9(14)12-10(6-8)19-2-3-20-12/h4-6H,2-3,15H2,1H3,(H,16,17,18). The number of nitrogens with two attached hydrogens (primary N) is 1. The number of hydrazine groups is 1. The summed E-state index contributed by atoms with van der Waals surface area (Å²) in [4.78, 5) is 8.77. The minimum Gasteiger partial charge on any atom is -0.486 e. The fourth-order valence-electron chi connectivity index (χ4n) is 2.01. The van der Waals surface area contributed by atoms with Crippen LogP contribution in [0.3, 0.4) is 0 Å². The van der Waals surface area contributed by atoms with Gasteiger partial charge in [0.1, 0.15) is 19.0 Å². The van der Waals surface area contributed by atoms with E-state index < -0.39 is 0 Å². The zero-order chi connectivity index (χ0) is 14.1. The summed E-state index contributed by atoms with van der Waals surface area (Å²) in [6.07, 6.45) is 0. The van der Waals surface area contributed by atoms with Crippen molar-refractivity contribution in [3.8, 4) is 22.9 Å². The monoisotopic (exact) mass is 336 g/mol. The van der Waals surface area contributed by atoms with Gasteiger partial charge in [0.2, 0.25) is 0 Å². The molecule has 0 radical (unpaired) electrons. The normalized spacial score (nSPS) is 13.2. The third-order valence-electron chi connectivity index (χ3n) is 2.86. The summed E-state index contributed by atoms with van der Waals surface area (Å²) in [5.74, 6) is 7.96. The van der Waals surface area contributed by atoms with Gasteiger partial charge in [0.15, 0.2) is 17.3 Å². The van der Waals surface area contributed by atoms with E-state index in [9.17, 15) is 0 Å². The molecule has 1 aliphatic rings. The molecule has 1 aromatic heterocycles. The number of nitrogens with one attached hydrogen (secondary N) is 1. The summed E-state index contributed by atoms with van der Waals surface area (Å²) in [6, 6.07) is 5.55. The highest BCUT2D eigenvalue weighted by atomic mass is 79.9. The van der Waals surface area contributed by atoms with Gasteiger partial charge < -0.3 is 14.9 Å². The Bertz CT molecular complexity index is 663. The average Bonchev–Trinajstić information content (AvgIpc) is 2.46. The summed E-state index contributed by atoms with van der Waals surface area (Å²) in [7, 11) is 0. The molecule has 0 aliphatic carbocycles. The number of rotatable bonds is 2. The molecule has 0 fully saturated rings. The number of aryl methyl sites for hydroxylation is 1. The highest BCUT2D eigenvalue weighted by Crippen LogP contribution is 2.40. The molecule has 0 saturated carbocycles. The van der Waals surface area contributed by atoms with Gasteiger partial charge in [-0.15, -0.1) is 0 Å². The Labute approximate surface area is 124 Å². The predicted molar refractivity (Wildman–Crippen MR) is 78.7 cm³/mol. The second kappa shape index (κ2) is 5.26. The van der Waals surface area contributed by atoms with Crippen LogP contribution in [0, 0.1) is 6.92 Å². The zero-order valence-corrected chi connectivity index (χ0v) is 12.4. The fourth-order valence-corrected chi connectivity index (χ4v) is 2.57. The van der Waals surface area contributed by atoms with Crippen molar-refractivity contribution in [1.29, 1.82) is 0 Å². The molecule has 3 N–H and O–H groups in total. The molecule has 6 nitrogen and oxygen atoms in total. The molecule has 0 unspecified atom stereocenters. The minimum atomic E-state index is 0.535. The molecule has 7 heteroatoms. The van der Waals surface area contributed by atoms with Crippen molar-refractivity contribution in [3.05, 3.63) is 28.4 Å². The molecule has 0 spiro atoms. The highest BCUT2D eigenvalue weighted by molar-refractivity contribution is 9.10. The lowest BCUT2D eigenvalue weighted by Gasteiger charge is -2.20. The summed E-state index contributed by atoms with van der Waals surface area (Å²) >= 11 is 3.48. The van der Waals surface area contributed by atoms with E-state index >= 15 is 0 Å². The number of anilines is 1. The topological polar surface area (TPSA) is 82.3 Å². The molecular weight excluding hydrogens is 324 g/mol. The lowest BCUT2D eigenvalue weighted by molar-refractivity contribution is 0.170. The smallest absolute Gasteiger partial charge is 0.175 e. The van der Waals surface area contributed by atoms with Gasteiger partial charge in [-0.25, -0.2) is 15.8 Å². The van der Waals surface area contributed by atoms with Gasteiger partial charge in [-0.2, -0.15) is 0 Å². The Kier molecular flexibility index (Phi) is 3.45. The van der Waals surface area contributed by atoms with E-state index in [0.717, 1.165) is 15.7 Å². The fraction of sp³-hybridized carbons (Fsp3) is 0.231. The molecule has 2 heterocycles. The van der Waals surface area contributed by atoms with Crippen LogP contribution in [0.1, 0.15) is 5.69 Å². The van der Waals surface area contributed by atoms with Crippen LogP contribution >= 0.6 is 15.9 Å². The Balaban J connectivity index is 2.10. The molecule has 1 aromatic carbocycles. The van der Waals surface area contributed by atoms with Gasteiger partial charge in [0.25, 0.3) is 0 Å². The first-order valence-corrected chi connectivity index (χ1v) is 6.88. The largest absolute Gasteiger partial charge is 0.486 e. The van der Waals surface area contributed by atoms with E-state index in [0.29, 0.717) is 36.4 Å². The number of ether oxygens (including phenoxy) is 2. The van der Waals surface area contributed by atoms with Crippen LogP contribution in [-0.4, -0.2) is 23.2 Å². The van der Waals surface area contributed by atoms with Crippen molar-refractivity contribution < 1.29 is 9.47 Å². The molecule has 0 amide bonds. The predicted octanol–water partition coefficient (Wildman–Crippen LogP) is 2.27. The second-order valence-corrected chi connectivity index (χ2v) is 5.20. The van der Waals surface area contributed by atoms with Gasteiger partial charge in [-0.05, 0) is 35.0 Å². The Hall–Kier alpha value is -1.86. The van der Waals surface area contributed by atoms with E-state index in [2.05, 4.69) is 31.3 Å². The van der Waals surface area contributed by atoms with Crippen LogP contribution in [0.2, 0.25) is 0 Å². The van der Waals surface area contributed by atoms with Gasteiger partial charge in [0.05, 0.1) is 4.47 Å². The second-order valence-electron chi connectivity index (χ2n) is 4.34. The molecule has 0 saturated heterocycles. The molecule has 0 bridgehead atoms. The van der Waals surface area contributed by atoms with Crippen LogP contribution in [0.5, 0.6) is 11.5 Å². The van der Waals surface area contributed by atoms with Gasteiger partial charge in [-0.1, -0.05) is 0 Å². The van der Waals surface area contributed by atoms with Crippen molar-refractivity contribution in [1.82, 2.24) is 9.97 Å². The molecule has 104 valence electrons. The first-order valence-electron chi connectivity index (χ1n) is 6.09. The molecule has 3 rings (SSSR count). The maximum atomic E-state index is 5.60. The van der Waals surface area contributed by atoms with Crippen molar-refractivity contribution in [3.63, 3.8) is 0 Å². The average molecular weight is 337 g/mol. The minimum absolute atomic E-state index is 0.535. The zero-order valence-electron chi connectivity index (χ0n) is 10.8. The number of fused-ring (bicyclic) bond motifs is 1. The number of aromatic nitrogens is 2. The number of hydrogen-bond acceptors (Lipinski definition) is 6. The first-order chi connectivity index (χ1) is 9.67. The maximum Gasteiger partial charge on any atom is 0.175 e. The van der Waals surface area contributed by atoms with Crippen LogP contribution in [-0.2, 0) is 0 Å². The first kappa shape index (κ1) is 13.1.